The molecular weight excluding hydrogens is 167 g/mol. The predicted molar refractivity (Wildman–Crippen MR) is 50.6 cm³/mol. The lowest BCUT2D eigenvalue weighted by Crippen LogP contribution is -2.02. The summed E-state index contributed by atoms with van der Waals surface area (Å²) in [5, 5.41) is 0. The van der Waals surface area contributed by atoms with Gasteiger partial charge in [0.05, 0.1) is 5.56 Å². The van der Waals surface area contributed by atoms with E-state index in [9.17, 15) is 9.18 Å². The van der Waals surface area contributed by atoms with Crippen molar-refractivity contribution < 1.29 is 9.18 Å². The van der Waals surface area contributed by atoms with Gasteiger partial charge in [-0.05, 0) is 50.5 Å². The summed E-state index contributed by atoms with van der Waals surface area (Å²) in [4.78, 5) is 11.0. The van der Waals surface area contributed by atoms with Crippen LogP contribution in [0.25, 0.3) is 0 Å². The summed E-state index contributed by atoms with van der Waals surface area (Å²) >= 11 is 0. The number of Topliss-reactive ketones (excluding diaryl/α,β-unsaturated/α-hetero) is 1. The highest BCUT2D eigenvalue weighted by atomic mass is 19.1. The van der Waals surface area contributed by atoms with E-state index in [0.717, 1.165) is 11.1 Å². The maximum atomic E-state index is 13.5. The number of hydrogen-bond donors (Lipinski definition) is 0. The molecule has 0 amide bonds. The Bertz CT molecular complexity index is 367. The van der Waals surface area contributed by atoms with Gasteiger partial charge < -0.3 is 0 Å². The van der Waals surface area contributed by atoms with Gasteiger partial charge in [0.25, 0.3) is 0 Å². The molecule has 2 heteroatoms. The summed E-state index contributed by atoms with van der Waals surface area (Å²) in [5.74, 6) is -0.598. The van der Waals surface area contributed by atoms with E-state index in [1.807, 2.05) is 13.8 Å². The Kier molecular flexibility index (Phi) is 2.50. The molecule has 1 rings (SSSR count). The van der Waals surface area contributed by atoms with Gasteiger partial charge in [-0.2, -0.15) is 0 Å². The second-order valence-corrected chi connectivity index (χ2v) is 3.36. The lowest BCUT2D eigenvalue weighted by molar-refractivity contribution is 0.101. The third-order valence-electron chi connectivity index (χ3n) is 2.46. The van der Waals surface area contributed by atoms with Crippen molar-refractivity contribution >= 4 is 5.78 Å². The molecule has 0 atom stereocenters. The first-order valence-corrected chi connectivity index (χ1v) is 4.22. The Hall–Kier alpha value is -1.18. The van der Waals surface area contributed by atoms with E-state index < -0.39 is 0 Å². The van der Waals surface area contributed by atoms with Crippen molar-refractivity contribution in [3.63, 3.8) is 0 Å². The molecule has 0 radical (unpaired) electrons. The van der Waals surface area contributed by atoms with E-state index in [-0.39, 0.29) is 17.2 Å². The number of halogens is 1. The molecule has 0 spiro atoms. The maximum absolute atomic E-state index is 13.5. The van der Waals surface area contributed by atoms with E-state index in [2.05, 4.69) is 0 Å². The smallest absolute Gasteiger partial charge is 0.162 e. The van der Waals surface area contributed by atoms with Gasteiger partial charge in [-0.1, -0.05) is 0 Å². The minimum absolute atomic E-state index is 0.195. The van der Waals surface area contributed by atoms with Crippen LogP contribution in [0.1, 0.15) is 34.0 Å². The first-order valence-electron chi connectivity index (χ1n) is 4.22. The predicted octanol–water partition coefficient (Wildman–Crippen LogP) is 2.95. The molecule has 13 heavy (non-hydrogen) atoms. The van der Waals surface area contributed by atoms with Gasteiger partial charge in [-0.3, -0.25) is 4.79 Å². The van der Waals surface area contributed by atoms with Gasteiger partial charge in [0.15, 0.2) is 5.78 Å². The van der Waals surface area contributed by atoms with Gasteiger partial charge in [0.1, 0.15) is 5.82 Å². The highest BCUT2D eigenvalue weighted by molar-refractivity contribution is 5.94. The summed E-state index contributed by atoms with van der Waals surface area (Å²) in [7, 11) is 0. The van der Waals surface area contributed by atoms with Crippen LogP contribution < -0.4 is 0 Å². The number of carbonyl (C=O) groups is 1. The van der Waals surface area contributed by atoms with Crippen molar-refractivity contribution in [3.8, 4) is 0 Å². The highest BCUT2D eigenvalue weighted by Gasteiger charge is 2.12. The van der Waals surface area contributed by atoms with Crippen LogP contribution in [-0.2, 0) is 0 Å². The Morgan fingerprint density at radius 2 is 1.77 bits per heavy atom. The molecule has 0 saturated heterocycles. The quantitative estimate of drug-likeness (QED) is 0.607. The van der Waals surface area contributed by atoms with Crippen molar-refractivity contribution in [2.24, 2.45) is 0 Å². The number of aryl methyl sites for hydroxylation is 1. The number of carbonyl (C=O) groups excluding carboxylic acids is 1. The van der Waals surface area contributed by atoms with Gasteiger partial charge in [-0.25, -0.2) is 4.39 Å². The van der Waals surface area contributed by atoms with Crippen molar-refractivity contribution in [2.45, 2.75) is 27.7 Å². The average molecular weight is 180 g/mol. The van der Waals surface area contributed by atoms with Crippen LogP contribution in [0.4, 0.5) is 4.39 Å². The zero-order valence-corrected chi connectivity index (χ0v) is 8.36. The molecule has 0 saturated carbocycles. The number of rotatable bonds is 1. The molecule has 0 heterocycles. The molecule has 0 unspecified atom stereocenters. The van der Waals surface area contributed by atoms with Crippen molar-refractivity contribution in [1.82, 2.24) is 0 Å². The second kappa shape index (κ2) is 3.29. The number of hydrogen-bond acceptors (Lipinski definition) is 1. The third kappa shape index (κ3) is 1.62. The SMILES string of the molecule is CC(=O)c1cc(C)c(C)c(C)c1F. The molecule has 0 aliphatic carbocycles. The second-order valence-electron chi connectivity index (χ2n) is 3.36. The first kappa shape index (κ1) is 9.90. The van der Waals surface area contributed by atoms with Crippen LogP contribution in [0, 0.1) is 26.6 Å². The van der Waals surface area contributed by atoms with Crippen LogP contribution in [0.2, 0.25) is 0 Å². The zero-order valence-electron chi connectivity index (χ0n) is 8.36. The van der Waals surface area contributed by atoms with Gasteiger partial charge >= 0.3 is 0 Å². The standard InChI is InChI=1S/C11H13FO/c1-6-5-10(9(4)13)11(12)8(3)7(6)2/h5H,1-4H3. The van der Waals surface area contributed by atoms with Gasteiger partial charge in [-0.15, -0.1) is 0 Å². The Morgan fingerprint density at radius 3 is 2.23 bits per heavy atom. The third-order valence-corrected chi connectivity index (χ3v) is 2.46. The minimum Gasteiger partial charge on any atom is -0.294 e. The lowest BCUT2D eigenvalue weighted by atomic mass is 9.98. The molecule has 0 aliphatic heterocycles. The fourth-order valence-electron chi connectivity index (χ4n) is 1.31. The Labute approximate surface area is 77.6 Å². The molecule has 1 aromatic carbocycles. The lowest BCUT2D eigenvalue weighted by Gasteiger charge is -2.08. The maximum Gasteiger partial charge on any atom is 0.162 e. The minimum atomic E-state index is -0.379. The molecule has 0 bridgehead atoms. The van der Waals surface area contributed by atoms with E-state index in [1.165, 1.54) is 6.92 Å². The summed E-state index contributed by atoms with van der Waals surface area (Å²) < 4.78 is 13.5. The van der Waals surface area contributed by atoms with Crippen LogP contribution in [0.15, 0.2) is 6.07 Å². The average Bonchev–Trinajstić information content (AvgIpc) is 2.07. The topological polar surface area (TPSA) is 17.1 Å². The zero-order chi connectivity index (χ0) is 10.2. The molecule has 0 aliphatic rings. The molecule has 0 aromatic heterocycles. The fraction of sp³-hybridized carbons (Fsp3) is 0.364. The number of ketones is 1. The number of benzene rings is 1. The van der Waals surface area contributed by atoms with Crippen LogP contribution >= 0.6 is 0 Å². The van der Waals surface area contributed by atoms with Crippen LogP contribution in [0.3, 0.4) is 0 Å². The van der Waals surface area contributed by atoms with Crippen LogP contribution in [-0.4, -0.2) is 5.78 Å². The van der Waals surface area contributed by atoms with Crippen LogP contribution in [0.5, 0.6) is 0 Å². The van der Waals surface area contributed by atoms with E-state index in [1.54, 1.807) is 13.0 Å². The summed E-state index contributed by atoms with van der Waals surface area (Å²) in [6, 6.07) is 1.61. The first-order chi connectivity index (χ1) is 5.95. The van der Waals surface area contributed by atoms with Crippen molar-refractivity contribution in [1.29, 1.82) is 0 Å². The Balaban J connectivity index is 3.50. The summed E-state index contributed by atoms with van der Waals surface area (Å²) in [6.07, 6.45) is 0. The highest BCUT2D eigenvalue weighted by Crippen LogP contribution is 2.20. The van der Waals surface area contributed by atoms with E-state index >= 15 is 0 Å². The largest absolute Gasteiger partial charge is 0.294 e. The van der Waals surface area contributed by atoms with Crippen molar-refractivity contribution in [2.75, 3.05) is 0 Å². The normalized spacial score (nSPS) is 10.2. The molecule has 70 valence electrons. The van der Waals surface area contributed by atoms with E-state index in [0.29, 0.717) is 5.56 Å². The molecule has 0 fully saturated rings. The fourth-order valence-corrected chi connectivity index (χ4v) is 1.31. The molecule has 1 aromatic rings. The summed E-state index contributed by atoms with van der Waals surface area (Å²) in [5.41, 5.74) is 2.65. The molecular formula is C11H13FO. The monoisotopic (exact) mass is 180 g/mol. The Morgan fingerprint density at radius 1 is 1.23 bits per heavy atom. The summed E-state index contributed by atoms with van der Waals surface area (Å²) in [6.45, 7) is 6.82. The van der Waals surface area contributed by atoms with Gasteiger partial charge in [0.2, 0.25) is 0 Å². The van der Waals surface area contributed by atoms with E-state index in [4.69, 9.17) is 0 Å². The molecule has 1 nitrogen and oxygen atoms in total. The van der Waals surface area contributed by atoms with Gasteiger partial charge in [0, 0.05) is 0 Å². The molecule has 0 N–H and O–H groups in total. The van der Waals surface area contributed by atoms with Crippen molar-refractivity contribution in [3.05, 3.63) is 34.1 Å².